The Morgan fingerprint density at radius 3 is 2.89 bits per heavy atom. The Balaban J connectivity index is 2.20. The van der Waals surface area contributed by atoms with E-state index < -0.39 is 0 Å². The number of benzene rings is 1. The Morgan fingerprint density at radius 1 is 1.50 bits per heavy atom. The lowest BCUT2D eigenvalue weighted by atomic mass is 10.2. The van der Waals surface area contributed by atoms with Gasteiger partial charge in [0.25, 0.3) is 5.91 Å². The SMILES string of the molecule is CC(CO)CNC(=O)c1sc2ccccc2c1N. The summed E-state index contributed by atoms with van der Waals surface area (Å²) >= 11 is 1.39. The number of nitrogens with one attached hydrogen (secondary N) is 1. The lowest BCUT2D eigenvalue weighted by Crippen LogP contribution is -2.29. The molecule has 1 atom stereocenters. The number of rotatable bonds is 4. The first-order valence-electron chi connectivity index (χ1n) is 5.79. The zero-order chi connectivity index (χ0) is 13.1. The summed E-state index contributed by atoms with van der Waals surface area (Å²) in [6.07, 6.45) is 0. The van der Waals surface area contributed by atoms with E-state index in [4.69, 9.17) is 10.8 Å². The number of carbonyl (C=O) groups is 1. The van der Waals surface area contributed by atoms with Crippen LogP contribution in [0.25, 0.3) is 10.1 Å². The van der Waals surface area contributed by atoms with Crippen molar-refractivity contribution in [2.75, 3.05) is 18.9 Å². The first kappa shape index (κ1) is 12.9. The van der Waals surface area contributed by atoms with Gasteiger partial charge in [-0.15, -0.1) is 11.3 Å². The van der Waals surface area contributed by atoms with Gasteiger partial charge in [-0.1, -0.05) is 25.1 Å². The lowest BCUT2D eigenvalue weighted by molar-refractivity contribution is 0.0947. The van der Waals surface area contributed by atoms with Gasteiger partial charge in [0.2, 0.25) is 0 Å². The summed E-state index contributed by atoms with van der Waals surface area (Å²) in [6, 6.07) is 7.69. The van der Waals surface area contributed by atoms with Crippen molar-refractivity contribution in [1.82, 2.24) is 5.32 Å². The molecule has 1 aromatic carbocycles. The third-order valence-electron chi connectivity index (χ3n) is 2.76. The van der Waals surface area contributed by atoms with Crippen LogP contribution in [0.2, 0.25) is 0 Å². The molecule has 2 rings (SSSR count). The molecule has 0 saturated carbocycles. The molecule has 0 aliphatic heterocycles. The molecule has 96 valence electrons. The molecule has 4 N–H and O–H groups in total. The predicted molar refractivity (Wildman–Crippen MR) is 74.8 cm³/mol. The zero-order valence-corrected chi connectivity index (χ0v) is 11.0. The van der Waals surface area contributed by atoms with Gasteiger partial charge in [0.05, 0.1) is 5.69 Å². The maximum Gasteiger partial charge on any atom is 0.263 e. The van der Waals surface area contributed by atoms with Crippen molar-refractivity contribution in [3.63, 3.8) is 0 Å². The number of aliphatic hydroxyl groups excluding tert-OH is 1. The van der Waals surface area contributed by atoms with E-state index >= 15 is 0 Å². The fraction of sp³-hybridized carbons (Fsp3) is 0.308. The number of anilines is 1. The molecule has 1 aromatic heterocycles. The van der Waals surface area contributed by atoms with E-state index in [1.165, 1.54) is 11.3 Å². The summed E-state index contributed by atoms with van der Waals surface area (Å²) in [5, 5.41) is 12.6. The number of nitrogen functional groups attached to an aromatic ring is 1. The van der Waals surface area contributed by atoms with E-state index in [0.29, 0.717) is 17.1 Å². The van der Waals surface area contributed by atoms with E-state index in [1.54, 1.807) is 0 Å². The predicted octanol–water partition coefficient (Wildman–Crippen LogP) is 1.84. The largest absolute Gasteiger partial charge is 0.397 e. The van der Waals surface area contributed by atoms with Crippen molar-refractivity contribution in [3.05, 3.63) is 29.1 Å². The Kier molecular flexibility index (Phi) is 3.84. The highest BCUT2D eigenvalue weighted by atomic mass is 32.1. The van der Waals surface area contributed by atoms with Gasteiger partial charge < -0.3 is 16.2 Å². The second-order valence-corrected chi connectivity index (χ2v) is 5.39. The Labute approximate surface area is 109 Å². The maximum atomic E-state index is 12.0. The van der Waals surface area contributed by atoms with Crippen LogP contribution in [0.4, 0.5) is 5.69 Å². The quantitative estimate of drug-likeness (QED) is 0.788. The molecule has 1 unspecified atom stereocenters. The van der Waals surface area contributed by atoms with E-state index in [9.17, 15) is 4.79 Å². The number of hydrogen-bond donors (Lipinski definition) is 3. The number of thiophene rings is 1. The minimum Gasteiger partial charge on any atom is -0.397 e. The van der Waals surface area contributed by atoms with Crippen molar-refractivity contribution < 1.29 is 9.90 Å². The normalized spacial score (nSPS) is 12.6. The molecule has 2 aromatic rings. The lowest BCUT2D eigenvalue weighted by Gasteiger charge is -2.08. The van der Waals surface area contributed by atoms with Crippen molar-refractivity contribution in [3.8, 4) is 0 Å². The summed E-state index contributed by atoms with van der Waals surface area (Å²) in [7, 11) is 0. The van der Waals surface area contributed by atoms with Crippen molar-refractivity contribution in [2.24, 2.45) is 5.92 Å². The molecular formula is C13H16N2O2S. The molecule has 5 heteroatoms. The van der Waals surface area contributed by atoms with Gasteiger partial charge in [0, 0.05) is 23.2 Å². The highest BCUT2D eigenvalue weighted by Gasteiger charge is 2.16. The average molecular weight is 264 g/mol. The zero-order valence-electron chi connectivity index (χ0n) is 10.1. The summed E-state index contributed by atoms with van der Waals surface area (Å²) in [6.45, 7) is 2.37. The molecule has 0 radical (unpaired) electrons. The van der Waals surface area contributed by atoms with Gasteiger partial charge in [0.1, 0.15) is 4.88 Å². The minimum absolute atomic E-state index is 0.0459. The van der Waals surface area contributed by atoms with Crippen LogP contribution in [-0.2, 0) is 0 Å². The first-order valence-corrected chi connectivity index (χ1v) is 6.61. The molecule has 0 saturated heterocycles. The smallest absolute Gasteiger partial charge is 0.263 e. The summed E-state index contributed by atoms with van der Waals surface area (Å²) in [4.78, 5) is 12.5. The van der Waals surface area contributed by atoms with Crippen LogP contribution < -0.4 is 11.1 Å². The monoisotopic (exact) mass is 264 g/mol. The molecule has 0 bridgehead atoms. The van der Waals surface area contributed by atoms with Crippen LogP contribution in [0.5, 0.6) is 0 Å². The van der Waals surface area contributed by atoms with E-state index in [2.05, 4.69) is 5.32 Å². The fourth-order valence-electron chi connectivity index (χ4n) is 1.65. The standard InChI is InChI=1S/C13H16N2O2S/c1-8(7-16)6-15-13(17)12-11(14)9-4-2-3-5-10(9)18-12/h2-5,8,16H,6-7,14H2,1H3,(H,15,17). The molecule has 1 amide bonds. The molecule has 0 spiro atoms. The number of amides is 1. The fourth-order valence-corrected chi connectivity index (χ4v) is 2.69. The number of aliphatic hydroxyl groups is 1. The van der Waals surface area contributed by atoms with Crippen molar-refractivity contribution >= 4 is 33.0 Å². The van der Waals surface area contributed by atoms with Gasteiger partial charge in [-0.3, -0.25) is 4.79 Å². The second kappa shape index (κ2) is 5.37. The third kappa shape index (κ3) is 2.47. The third-order valence-corrected chi connectivity index (χ3v) is 3.95. The van der Waals surface area contributed by atoms with Gasteiger partial charge in [-0.25, -0.2) is 0 Å². The van der Waals surface area contributed by atoms with E-state index in [0.717, 1.165) is 10.1 Å². The number of nitrogens with two attached hydrogens (primary N) is 1. The van der Waals surface area contributed by atoms with Crippen LogP contribution in [0.15, 0.2) is 24.3 Å². The van der Waals surface area contributed by atoms with Crippen LogP contribution >= 0.6 is 11.3 Å². The minimum atomic E-state index is -0.172. The van der Waals surface area contributed by atoms with Gasteiger partial charge in [0.15, 0.2) is 0 Å². The van der Waals surface area contributed by atoms with Crippen LogP contribution in [-0.4, -0.2) is 24.2 Å². The van der Waals surface area contributed by atoms with Gasteiger partial charge >= 0.3 is 0 Å². The maximum absolute atomic E-state index is 12.0. The molecule has 4 nitrogen and oxygen atoms in total. The summed E-state index contributed by atoms with van der Waals surface area (Å²) in [5.74, 6) is -0.126. The van der Waals surface area contributed by atoms with Gasteiger partial charge in [-0.2, -0.15) is 0 Å². The first-order chi connectivity index (χ1) is 8.63. The molecular weight excluding hydrogens is 248 g/mol. The van der Waals surface area contributed by atoms with Crippen LogP contribution in [0.3, 0.4) is 0 Å². The van der Waals surface area contributed by atoms with Crippen LogP contribution in [0.1, 0.15) is 16.6 Å². The molecule has 18 heavy (non-hydrogen) atoms. The Morgan fingerprint density at radius 2 is 2.22 bits per heavy atom. The Hall–Kier alpha value is -1.59. The summed E-state index contributed by atoms with van der Waals surface area (Å²) < 4.78 is 1.01. The van der Waals surface area contributed by atoms with Crippen molar-refractivity contribution in [2.45, 2.75) is 6.92 Å². The number of carbonyl (C=O) groups excluding carboxylic acids is 1. The van der Waals surface area contributed by atoms with E-state index in [-0.39, 0.29) is 18.4 Å². The molecule has 1 heterocycles. The Bertz CT molecular complexity index is 565. The number of fused-ring (bicyclic) bond motifs is 1. The molecule has 0 fully saturated rings. The van der Waals surface area contributed by atoms with E-state index in [1.807, 2.05) is 31.2 Å². The number of hydrogen-bond acceptors (Lipinski definition) is 4. The summed E-state index contributed by atoms with van der Waals surface area (Å²) in [5.41, 5.74) is 6.51. The van der Waals surface area contributed by atoms with Crippen molar-refractivity contribution in [1.29, 1.82) is 0 Å². The highest BCUT2D eigenvalue weighted by molar-refractivity contribution is 7.21. The molecule has 0 aliphatic rings. The second-order valence-electron chi connectivity index (χ2n) is 4.34. The topological polar surface area (TPSA) is 75.3 Å². The van der Waals surface area contributed by atoms with Gasteiger partial charge in [-0.05, 0) is 12.0 Å². The highest BCUT2D eigenvalue weighted by Crippen LogP contribution is 2.33. The average Bonchev–Trinajstić information content (AvgIpc) is 2.73. The van der Waals surface area contributed by atoms with Crippen LogP contribution in [0, 0.1) is 5.92 Å². The molecule has 0 aliphatic carbocycles.